The van der Waals surface area contributed by atoms with Crippen LogP contribution < -0.4 is 5.32 Å². The Bertz CT molecular complexity index is 779. The van der Waals surface area contributed by atoms with Crippen LogP contribution >= 0.6 is 0 Å². The number of halogens is 1. The SMILES string of the molecule is CCCOC(=O)C1=C(C)NC2=C(C(=O)CCC2)[C@H]1c1cccc(F)c1. The summed E-state index contributed by atoms with van der Waals surface area (Å²) in [4.78, 5) is 25.3. The molecule has 0 bridgehead atoms. The number of allylic oxidation sites excluding steroid dienone is 3. The molecule has 0 aromatic heterocycles. The fourth-order valence-electron chi connectivity index (χ4n) is 3.55. The Morgan fingerprint density at radius 1 is 1.36 bits per heavy atom. The topological polar surface area (TPSA) is 55.4 Å². The maximum absolute atomic E-state index is 13.8. The molecule has 2 aliphatic rings. The van der Waals surface area contributed by atoms with Gasteiger partial charge in [-0.3, -0.25) is 4.79 Å². The number of esters is 1. The van der Waals surface area contributed by atoms with Crippen molar-refractivity contribution < 1.29 is 18.7 Å². The van der Waals surface area contributed by atoms with Crippen molar-refractivity contribution in [1.29, 1.82) is 0 Å². The van der Waals surface area contributed by atoms with Crippen LogP contribution in [0.4, 0.5) is 4.39 Å². The molecule has 0 amide bonds. The molecular weight excluding hydrogens is 321 g/mol. The van der Waals surface area contributed by atoms with Gasteiger partial charge in [0.25, 0.3) is 0 Å². The zero-order valence-corrected chi connectivity index (χ0v) is 14.5. The molecule has 1 N–H and O–H groups in total. The van der Waals surface area contributed by atoms with Crippen LogP contribution in [0, 0.1) is 5.82 Å². The van der Waals surface area contributed by atoms with Gasteiger partial charge in [0.15, 0.2) is 5.78 Å². The number of hydrogen-bond donors (Lipinski definition) is 1. The molecule has 1 heterocycles. The van der Waals surface area contributed by atoms with Crippen LogP contribution in [-0.2, 0) is 14.3 Å². The Kier molecular flexibility index (Phi) is 5.02. The van der Waals surface area contributed by atoms with Crippen molar-refractivity contribution in [2.75, 3.05) is 6.61 Å². The van der Waals surface area contributed by atoms with Crippen LogP contribution in [0.5, 0.6) is 0 Å². The molecule has 0 spiro atoms. The summed E-state index contributed by atoms with van der Waals surface area (Å²) >= 11 is 0. The number of dihydropyridines is 1. The van der Waals surface area contributed by atoms with Crippen LogP contribution in [0.15, 0.2) is 46.8 Å². The number of carbonyl (C=O) groups excluding carboxylic acids is 2. The molecule has 0 unspecified atom stereocenters. The molecule has 1 atom stereocenters. The van der Waals surface area contributed by atoms with Crippen LogP contribution in [0.2, 0.25) is 0 Å². The summed E-state index contributed by atoms with van der Waals surface area (Å²) in [7, 11) is 0. The predicted molar refractivity (Wildman–Crippen MR) is 92.1 cm³/mol. The van der Waals surface area contributed by atoms with Crippen LogP contribution in [-0.4, -0.2) is 18.4 Å². The monoisotopic (exact) mass is 343 g/mol. The van der Waals surface area contributed by atoms with E-state index in [2.05, 4.69) is 5.32 Å². The summed E-state index contributed by atoms with van der Waals surface area (Å²) in [6.45, 7) is 4.03. The third kappa shape index (κ3) is 3.36. The molecule has 132 valence electrons. The molecule has 0 fully saturated rings. The minimum atomic E-state index is -0.580. The highest BCUT2D eigenvalue weighted by Crippen LogP contribution is 2.42. The molecule has 25 heavy (non-hydrogen) atoms. The Labute approximate surface area is 146 Å². The molecule has 1 aromatic rings. The van der Waals surface area contributed by atoms with Gasteiger partial charge in [-0.2, -0.15) is 0 Å². The normalized spacial score (nSPS) is 20.3. The predicted octanol–water partition coefficient (Wildman–Crippen LogP) is 3.75. The first kappa shape index (κ1) is 17.4. The van der Waals surface area contributed by atoms with E-state index < -0.39 is 11.9 Å². The summed E-state index contributed by atoms with van der Waals surface area (Å²) in [5.74, 6) is -1.41. The van der Waals surface area contributed by atoms with Gasteiger partial charge in [-0.25, -0.2) is 9.18 Å². The van der Waals surface area contributed by atoms with Gasteiger partial charge < -0.3 is 10.1 Å². The van der Waals surface area contributed by atoms with E-state index in [1.165, 1.54) is 12.1 Å². The van der Waals surface area contributed by atoms with E-state index in [1.807, 2.05) is 6.92 Å². The van der Waals surface area contributed by atoms with Gasteiger partial charge in [0, 0.05) is 29.3 Å². The third-order valence-corrected chi connectivity index (χ3v) is 4.62. The Hall–Kier alpha value is -2.43. The Morgan fingerprint density at radius 3 is 2.88 bits per heavy atom. The second kappa shape index (κ2) is 7.21. The smallest absolute Gasteiger partial charge is 0.336 e. The number of Topliss-reactive ketones (excluding diaryl/α,β-unsaturated/α-hetero) is 1. The standard InChI is InChI=1S/C20H22FNO3/c1-3-10-25-20(24)17-12(2)22-15-8-5-9-16(23)19(15)18(17)13-6-4-7-14(21)11-13/h4,6-7,11,18,22H,3,5,8-10H2,1-2H3/t18-/m0/s1. The average molecular weight is 343 g/mol. The van der Waals surface area contributed by atoms with E-state index >= 15 is 0 Å². The van der Waals surface area contributed by atoms with E-state index in [-0.39, 0.29) is 11.6 Å². The van der Waals surface area contributed by atoms with Crippen LogP contribution in [0.3, 0.4) is 0 Å². The quantitative estimate of drug-likeness (QED) is 0.846. The van der Waals surface area contributed by atoms with E-state index in [0.29, 0.717) is 41.9 Å². The van der Waals surface area contributed by atoms with E-state index in [9.17, 15) is 14.0 Å². The minimum absolute atomic E-state index is 0.0105. The number of benzene rings is 1. The molecule has 3 rings (SSSR count). The van der Waals surface area contributed by atoms with Crippen molar-refractivity contribution in [3.05, 3.63) is 58.2 Å². The van der Waals surface area contributed by atoms with Gasteiger partial charge in [-0.1, -0.05) is 19.1 Å². The van der Waals surface area contributed by atoms with Crippen molar-refractivity contribution >= 4 is 11.8 Å². The molecule has 1 aliphatic heterocycles. The lowest BCUT2D eigenvalue weighted by atomic mass is 9.75. The number of nitrogens with one attached hydrogen (secondary N) is 1. The molecule has 0 saturated carbocycles. The number of ketones is 1. The summed E-state index contributed by atoms with van der Waals surface area (Å²) in [6, 6.07) is 6.10. The van der Waals surface area contributed by atoms with Gasteiger partial charge in [0.1, 0.15) is 5.82 Å². The molecule has 1 aromatic carbocycles. The molecule has 0 saturated heterocycles. The van der Waals surface area contributed by atoms with Crippen molar-refractivity contribution in [2.45, 2.75) is 45.4 Å². The Morgan fingerprint density at radius 2 is 2.16 bits per heavy atom. The third-order valence-electron chi connectivity index (χ3n) is 4.62. The lowest BCUT2D eigenvalue weighted by Crippen LogP contribution is -2.34. The number of rotatable bonds is 4. The summed E-state index contributed by atoms with van der Waals surface area (Å²) in [6.07, 6.45) is 2.69. The molecule has 1 aliphatic carbocycles. The Balaban J connectivity index is 2.12. The van der Waals surface area contributed by atoms with E-state index in [4.69, 9.17) is 4.74 Å². The van der Waals surface area contributed by atoms with Gasteiger partial charge in [-0.05, 0) is 43.9 Å². The highest BCUT2D eigenvalue weighted by atomic mass is 19.1. The van der Waals surface area contributed by atoms with Gasteiger partial charge in [0.05, 0.1) is 12.2 Å². The zero-order chi connectivity index (χ0) is 18.0. The summed E-state index contributed by atoms with van der Waals surface area (Å²) in [5.41, 5.74) is 3.09. The van der Waals surface area contributed by atoms with Crippen LogP contribution in [0.1, 0.15) is 51.0 Å². The van der Waals surface area contributed by atoms with Crippen molar-refractivity contribution in [3.8, 4) is 0 Å². The fraction of sp³-hybridized carbons (Fsp3) is 0.400. The second-order valence-electron chi connectivity index (χ2n) is 6.46. The largest absolute Gasteiger partial charge is 0.462 e. The van der Waals surface area contributed by atoms with Gasteiger partial charge >= 0.3 is 5.97 Å². The maximum Gasteiger partial charge on any atom is 0.336 e. The minimum Gasteiger partial charge on any atom is -0.462 e. The number of carbonyl (C=O) groups is 2. The second-order valence-corrected chi connectivity index (χ2v) is 6.46. The van der Waals surface area contributed by atoms with E-state index in [0.717, 1.165) is 18.5 Å². The first-order valence-corrected chi connectivity index (χ1v) is 8.69. The summed E-state index contributed by atoms with van der Waals surface area (Å²) in [5, 5.41) is 3.21. The van der Waals surface area contributed by atoms with Gasteiger partial charge in [0.2, 0.25) is 0 Å². The highest BCUT2D eigenvalue weighted by Gasteiger charge is 2.39. The maximum atomic E-state index is 13.8. The number of ether oxygens (including phenoxy) is 1. The molecule has 0 radical (unpaired) electrons. The lowest BCUT2D eigenvalue weighted by Gasteiger charge is -2.34. The van der Waals surface area contributed by atoms with Gasteiger partial charge in [-0.15, -0.1) is 0 Å². The van der Waals surface area contributed by atoms with Crippen molar-refractivity contribution in [1.82, 2.24) is 5.32 Å². The zero-order valence-electron chi connectivity index (χ0n) is 14.5. The lowest BCUT2D eigenvalue weighted by molar-refractivity contribution is -0.139. The van der Waals surface area contributed by atoms with Crippen molar-refractivity contribution in [2.24, 2.45) is 0 Å². The number of hydrogen-bond acceptors (Lipinski definition) is 4. The molecule has 5 heteroatoms. The van der Waals surface area contributed by atoms with Crippen molar-refractivity contribution in [3.63, 3.8) is 0 Å². The molecular formula is C20H22FNO3. The highest BCUT2D eigenvalue weighted by molar-refractivity contribution is 6.03. The first-order chi connectivity index (χ1) is 12.0. The van der Waals surface area contributed by atoms with Crippen LogP contribution in [0.25, 0.3) is 0 Å². The first-order valence-electron chi connectivity index (χ1n) is 8.69. The average Bonchev–Trinajstić information content (AvgIpc) is 2.58. The molecule has 4 nitrogen and oxygen atoms in total. The summed E-state index contributed by atoms with van der Waals surface area (Å²) < 4.78 is 19.2. The van der Waals surface area contributed by atoms with E-state index in [1.54, 1.807) is 19.1 Å². The fourth-order valence-corrected chi connectivity index (χ4v) is 3.55.